The van der Waals surface area contributed by atoms with E-state index in [2.05, 4.69) is 19.5 Å². The molecule has 3 rings (SSSR count). The molecule has 0 aromatic carbocycles. The fourth-order valence-corrected chi connectivity index (χ4v) is 2.68. The molecular weight excluding hydrogens is 234 g/mol. The van der Waals surface area contributed by atoms with Gasteiger partial charge in [0.25, 0.3) is 0 Å². The number of hydrogen-bond acceptors (Lipinski definition) is 3. The van der Waals surface area contributed by atoms with Gasteiger partial charge in [-0.05, 0) is 19.3 Å². The molecule has 2 aromatic heterocycles. The van der Waals surface area contributed by atoms with Crippen LogP contribution in [-0.4, -0.2) is 32.6 Å². The van der Waals surface area contributed by atoms with Gasteiger partial charge in [0.1, 0.15) is 17.5 Å². The quantitative estimate of drug-likeness (QED) is 0.764. The zero-order valence-electron chi connectivity index (χ0n) is 9.65. The Morgan fingerprint density at radius 1 is 1.29 bits per heavy atom. The molecule has 1 saturated heterocycles. The normalized spacial score (nSPS) is 17.6. The van der Waals surface area contributed by atoms with Gasteiger partial charge in [0.2, 0.25) is 0 Å². The smallest absolute Gasteiger partial charge is 0.159 e. The van der Waals surface area contributed by atoms with Crippen molar-refractivity contribution in [2.45, 2.75) is 25.9 Å². The van der Waals surface area contributed by atoms with Crippen LogP contribution in [0, 0.1) is 4.64 Å². The summed E-state index contributed by atoms with van der Waals surface area (Å²) in [6, 6.07) is 0. The van der Waals surface area contributed by atoms with E-state index in [1.54, 1.807) is 11.2 Å². The molecule has 0 amide bonds. The molecular formula is C11H16N5S+. The third-order valence-corrected chi connectivity index (χ3v) is 3.68. The number of likely N-dealkylation sites (tertiary alicyclic amines) is 1. The average molecular weight is 250 g/mol. The molecule has 0 unspecified atom stereocenters. The number of nitrogens with zero attached hydrogens (tertiary/aromatic N) is 3. The van der Waals surface area contributed by atoms with Gasteiger partial charge in [0.15, 0.2) is 11.3 Å². The molecule has 1 fully saturated rings. The van der Waals surface area contributed by atoms with Crippen LogP contribution in [0.4, 0.5) is 0 Å². The number of imidazole rings is 1. The number of quaternary nitrogens is 1. The first-order valence-corrected chi connectivity index (χ1v) is 6.47. The van der Waals surface area contributed by atoms with Crippen molar-refractivity contribution in [3.63, 3.8) is 0 Å². The van der Waals surface area contributed by atoms with E-state index in [9.17, 15) is 0 Å². The number of nitrogens with one attached hydrogen (secondary N) is 2. The summed E-state index contributed by atoms with van der Waals surface area (Å²) in [5, 5.41) is 0. The second kappa shape index (κ2) is 4.54. The van der Waals surface area contributed by atoms with E-state index < -0.39 is 0 Å². The molecule has 0 spiro atoms. The third kappa shape index (κ3) is 2.10. The van der Waals surface area contributed by atoms with Crippen LogP contribution in [0.15, 0.2) is 12.7 Å². The zero-order chi connectivity index (χ0) is 11.7. The molecule has 0 atom stereocenters. The minimum absolute atomic E-state index is 0.575. The van der Waals surface area contributed by atoms with Crippen LogP contribution in [0.1, 0.15) is 19.3 Å². The van der Waals surface area contributed by atoms with E-state index in [4.69, 9.17) is 12.2 Å². The van der Waals surface area contributed by atoms with Crippen molar-refractivity contribution < 1.29 is 4.90 Å². The highest BCUT2D eigenvalue weighted by Crippen LogP contribution is 2.08. The van der Waals surface area contributed by atoms with E-state index in [1.165, 1.54) is 32.4 Å². The van der Waals surface area contributed by atoms with Crippen LogP contribution < -0.4 is 4.90 Å². The van der Waals surface area contributed by atoms with Crippen molar-refractivity contribution in [1.82, 2.24) is 19.5 Å². The Bertz CT molecular complexity index is 566. The summed E-state index contributed by atoms with van der Waals surface area (Å²) >= 11 is 5.16. The van der Waals surface area contributed by atoms with Crippen molar-refractivity contribution in [1.29, 1.82) is 0 Å². The van der Waals surface area contributed by atoms with Gasteiger partial charge >= 0.3 is 0 Å². The minimum Gasteiger partial charge on any atom is -0.330 e. The van der Waals surface area contributed by atoms with E-state index in [0.717, 1.165) is 17.8 Å². The fourth-order valence-electron chi connectivity index (χ4n) is 2.47. The maximum Gasteiger partial charge on any atom is 0.159 e. The Morgan fingerprint density at radius 3 is 2.94 bits per heavy atom. The lowest BCUT2D eigenvalue weighted by atomic mass is 10.1. The minimum atomic E-state index is 0.575. The largest absolute Gasteiger partial charge is 0.330 e. The maximum atomic E-state index is 5.16. The van der Waals surface area contributed by atoms with Gasteiger partial charge in [-0.25, -0.2) is 9.97 Å². The Balaban J connectivity index is 1.90. The molecule has 2 N–H and O–H groups in total. The third-order valence-electron chi connectivity index (χ3n) is 3.38. The van der Waals surface area contributed by atoms with Crippen molar-refractivity contribution in [2.75, 3.05) is 13.1 Å². The molecule has 0 bridgehead atoms. The van der Waals surface area contributed by atoms with Crippen molar-refractivity contribution in [3.05, 3.63) is 17.3 Å². The van der Waals surface area contributed by atoms with Crippen molar-refractivity contribution in [2.24, 2.45) is 0 Å². The summed E-state index contributed by atoms with van der Waals surface area (Å²) in [5.41, 5.74) is 1.79. The molecule has 5 nitrogen and oxygen atoms in total. The van der Waals surface area contributed by atoms with Gasteiger partial charge in [-0.15, -0.1) is 0 Å². The first kappa shape index (κ1) is 10.9. The standard InChI is InChI=1S/C11H15N5S/c17-11-9-10(12-6-13-11)16(7-14-9)8-15-4-2-1-3-5-15/h6-7H,1-5,8H2,(H,12,13,17)/p+1. The second-order valence-electron chi connectivity index (χ2n) is 4.59. The number of aromatic nitrogens is 4. The van der Waals surface area contributed by atoms with E-state index >= 15 is 0 Å². The Morgan fingerprint density at radius 2 is 2.12 bits per heavy atom. The predicted octanol–water partition coefficient (Wildman–Crippen LogP) is 0.515. The highest BCUT2D eigenvalue weighted by Gasteiger charge is 2.15. The first-order chi connectivity index (χ1) is 8.34. The van der Waals surface area contributed by atoms with Crippen LogP contribution >= 0.6 is 12.2 Å². The predicted molar refractivity (Wildman–Crippen MR) is 67.3 cm³/mol. The second-order valence-corrected chi connectivity index (χ2v) is 4.97. The summed E-state index contributed by atoms with van der Waals surface area (Å²) in [4.78, 5) is 13.1. The van der Waals surface area contributed by atoms with Crippen LogP contribution in [0.5, 0.6) is 0 Å². The summed E-state index contributed by atoms with van der Waals surface area (Å²) in [5.74, 6) is 0. The summed E-state index contributed by atoms with van der Waals surface area (Å²) < 4.78 is 2.72. The monoisotopic (exact) mass is 250 g/mol. The van der Waals surface area contributed by atoms with Crippen LogP contribution in [0.2, 0.25) is 0 Å². The van der Waals surface area contributed by atoms with E-state index in [-0.39, 0.29) is 0 Å². The number of H-pyrrole nitrogens is 1. The van der Waals surface area contributed by atoms with Gasteiger partial charge in [-0.3, -0.25) is 4.57 Å². The molecule has 90 valence electrons. The summed E-state index contributed by atoms with van der Waals surface area (Å²) in [6.07, 6.45) is 7.55. The molecule has 17 heavy (non-hydrogen) atoms. The van der Waals surface area contributed by atoms with E-state index in [1.807, 2.05) is 6.33 Å². The first-order valence-electron chi connectivity index (χ1n) is 6.07. The van der Waals surface area contributed by atoms with Gasteiger partial charge in [0.05, 0.1) is 19.4 Å². The van der Waals surface area contributed by atoms with Crippen LogP contribution in [0.3, 0.4) is 0 Å². The molecule has 0 saturated carbocycles. The van der Waals surface area contributed by atoms with E-state index in [0.29, 0.717) is 4.64 Å². The molecule has 3 heterocycles. The van der Waals surface area contributed by atoms with Crippen LogP contribution in [0.25, 0.3) is 11.2 Å². The topological polar surface area (TPSA) is 50.9 Å². The summed E-state index contributed by atoms with van der Waals surface area (Å²) in [6.45, 7) is 3.47. The lowest BCUT2D eigenvalue weighted by Gasteiger charge is -2.23. The lowest BCUT2D eigenvalue weighted by Crippen LogP contribution is -3.12. The molecule has 6 heteroatoms. The van der Waals surface area contributed by atoms with Crippen molar-refractivity contribution in [3.8, 4) is 0 Å². The highest BCUT2D eigenvalue weighted by atomic mass is 32.1. The van der Waals surface area contributed by atoms with Gasteiger partial charge in [0, 0.05) is 0 Å². The Labute approximate surface area is 104 Å². The average Bonchev–Trinajstić information content (AvgIpc) is 2.76. The Hall–Kier alpha value is -1.27. The molecule has 0 radical (unpaired) electrons. The SMILES string of the molecule is S=c1nc[nH]c2c1ncn2C[NH+]1CCCCC1. The van der Waals surface area contributed by atoms with Gasteiger partial charge in [-0.1, -0.05) is 12.2 Å². The number of rotatable bonds is 2. The highest BCUT2D eigenvalue weighted by molar-refractivity contribution is 7.71. The van der Waals surface area contributed by atoms with Gasteiger partial charge < -0.3 is 9.88 Å². The Kier molecular flexibility index (Phi) is 2.90. The molecule has 1 aliphatic rings. The number of fused-ring (bicyclic) bond motifs is 1. The number of hydrogen-bond donors (Lipinski definition) is 2. The molecule has 1 aliphatic heterocycles. The van der Waals surface area contributed by atoms with Crippen molar-refractivity contribution >= 4 is 23.4 Å². The molecule has 2 aromatic rings. The number of aromatic amines is 1. The molecule has 0 aliphatic carbocycles. The van der Waals surface area contributed by atoms with Gasteiger partial charge in [-0.2, -0.15) is 0 Å². The number of piperidine rings is 1. The van der Waals surface area contributed by atoms with Crippen LogP contribution in [-0.2, 0) is 6.67 Å². The fraction of sp³-hybridized carbons (Fsp3) is 0.545. The maximum absolute atomic E-state index is 5.16. The summed E-state index contributed by atoms with van der Waals surface area (Å²) in [7, 11) is 0. The lowest BCUT2D eigenvalue weighted by molar-refractivity contribution is -0.927. The zero-order valence-corrected chi connectivity index (χ0v) is 10.5.